The molecule has 2 aromatic carbocycles. The Morgan fingerprint density at radius 3 is 2.47 bits per heavy atom. The maximum absolute atomic E-state index is 12.8. The summed E-state index contributed by atoms with van der Waals surface area (Å²) in [7, 11) is -3.82. The van der Waals surface area contributed by atoms with Gasteiger partial charge in [0.25, 0.3) is 7.82 Å². The number of carbonyl (C=O) groups is 3. The van der Waals surface area contributed by atoms with Crippen molar-refractivity contribution in [2.24, 2.45) is 0 Å². The molecule has 3 aromatic rings. The second kappa shape index (κ2) is 11.8. The molecule has 36 heavy (non-hydrogen) atoms. The number of amides is 1. The van der Waals surface area contributed by atoms with E-state index in [1.807, 2.05) is 0 Å². The molecule has 1 unspecified atom stereocenters. The molecule has 1 amide bonds. The average molecular weight is 520 g/mol. The fraction of sp³-hybridized carbons (Fsp3) is 0.273. The predicted molar refractivity (Wildman–Crippen MR) is 123 cm³/mol. The first-order valence-electron chi connectivity index (χ1n) is 10.5. The number of methoxy groups -OCH3 is 1. The fourth-order valence-electron chi connectivity index (χ4n) is 2.93. The summed E-state index contributed by atoms with van der Waals surface area (Å²) in [4.78, 5) is 52.2. The summed E-state index contributed by atoms with van der Waals surface area (Å²) < 4.78 is 36.4. The Kier molecular flexibility index (Phi) is 8.78. The zero-order valence-electron chi connectivity index (χ0n) is 19.5. The van der Waals surface area contributed by atoms with E-state index in [-0.39, 0.29) is 17.2 Å². The highest BCUT2D eigenvalue weighted by Crippen LogP contribution is 2.39. The van der Waals surface area contributed by atoms with Crippen LogP contribution in [0.3, 0.4) is 0 Å². The number of hydrogen-bond acceptors (Lipinski definition) is 11. The van der Waals surface area contributed by atoms with E-state index < -0.39 is 39.7 Å². The van der Waals surface area contributed by atoms with Crippen molar-refractivity contribution in [2.75, 3.05) is 19.2 Å². The number of nitrogens with zero attached hydrogens (tertiary/aromatic N) is 2. The Labute approximate surface area is 205 Å². The Morgan fingerprint density at radius 1 is 1.08 bits per heavy atom. The summed E-state index contributed by atoms with van der Waals surface area (Å²) in [6.45, 7) is 1.54. The lowest BCUT2D eigenvalue weighted by atomic mass is 10.0. The molecule has 14 heteroatoms. The van der Waals surface area contributed by atoms with Gasteiger partial charge in [0.1, 0.15) is 6.73 Å². The van der Waals surface area contributed by atoms with E-state index in [4.69, 9.17) is 4.52 Å². The molecule has 1 heterocycles. The van der Waals surface area contributed by atoms with E-state index in [1.165, 1.54) is 22.8 Å². The zero-order valence-corrected chi connectivity index (χ0v) is 20.4. The van der Waals surface area contributed by atoms with Gasteiger partial charge in [-0.1, -0.05) is 30.3 Å². The Bertz CT molecular complexity index is 1290. The van der Waals surface area contributed by atoms with Crippen molar-refractivity contribution >= 4 is 42.8 Å². The molecule has 0 aliphatic carbocycles. The molecule has 1 N–H and O–H groups in total. The SMILES string of the molecule is COC(=O)Nc1nc2cc(C(=O)c3ccccc3)ccc2n1COP(=O)([O-])OCOC(=O)OC(C)C. The van der Waals surface area contributed by atoms with Gasteiger partial charge in [-0.3, -0.25) is 28.3 Å². The molecule has 0 saturated carbocycles. The van der Waals surface area contributed by atoms with Gasteiger partial charge in [0, 0.05) is 11.1 Å². The van der Waals surface area contributed by atoms with Gasteiger partial charge in [0.05, 0.1) is 24.2 Å². The Hall–Kier alpha value is -3.77. The minimum absolute atomic E-state index is 0.113. The topological polar surface area (TPSA) is 167 Å². The van der Waals surface area contributed by atoms with Crippen LogP contribution in [0, 0.1) is 0 Å². The second-order valence-electron chi connectivity index (χ2n) is 7.39. The van der Waals surface area contributed by atoms with E-state index in [9.17, 15) is 23.8 Å². The second-order valence-corrected chi connectivity index (χ2v) is 8.80. The van der Waals surface area contributed by atoms with Crippen molar-refractivity contribution < 1.29 is 47.1 Å². The highest BCUT2D eigenvalue weighted by molar-refractivity contribution is 7.45. The highest BCUT2D eigenvalue weighted by atomic mass is 31.2. The molecule has 0 aliphatic rings. The average Bonchev–Trinajstić information content (AvgIpc) is 3.18. The predicted octanol–water partition coefficient (Wildman–Crippen LogP) is 3.42. The van der Waals surface area contributed by atoms with Crippen LogP contribution in [0.5, 0.6) is 0 Å². The maximum Gasteiger partial charge on any atom is 0.510 e. The lowest BCUT2D eigenvalue weighted by Crippen LogP contribution is -2.19. The van der Waals surface area contributed by atoms with Crippen molar-refractivity contribution in [3.63, 3.8) is 0 Å². The van der Waals surface area contributed by atoms with E-state index in [2.05, 4.69) is 29.0 Å². The molecule has 0 aliphatic heterocycles. The Balaban J connectivity index is 1.79. The normalized spacial score (nSPS) is 12.7. The molecule has 0 fully saturated rings. The molecule has 0 bridgehead atoms. The van der Waals surface area contributed by atoms with Crippen LogP contribution in [-0.4, -0.2) is 47.6 Å². The number of carbonyl (C=O) groups excluding carboxylic acids is 3. The van der Waals surface area contributed by atoms with E-state index in [1.54, 1.807) is 44.2 Å². The number of rotatable bonds is 10. The van der Waals surface area contributed by atoms with Crippen LogP contribution in [0.15, 0.2) is 48.5 Å². The van der Waals surface area contributed by atoms with Gasteiger partial charge in [0.2, 0.25) is 12.7 Å². The number of aromatic nitrogens is 2. The third-order valence-corrected chi connectivity index (χ3v) is 5.36. The van der Waals surface area contributed by atoms with Crippen LogP contribution in [0.2, 0.25) is 0 Å². The lowest BCUT2D eigenvalue weighted by Gasteiger charge is -2.23. The van der Waals surface area contributed by atoms with Gasteiger partial charge < -0.3 is 19.1 Å². The number of anilines is 1. The first kappa shape index (κ1) is 26.8. The molecular weight excluding hydrogens is 497 g/mol. The van der Waals surface area contributed by atoms with Crippen molar-refractivity contribution in [3.8, 4) is 0 Å². The standard InChI is InChI=1S/C22H24N3O10P/c1-14(2)35-22(28)32-13-34-36(29,30)33-12-25-18-10-9-16(19(26)15-7-5-4-6-8-15)11-17(18)23-20(25)24-21(27)31-3/h4-11,14H,12-13H2,1-3H3,(H,29,30)(H,23,24,27)/p-1. The first-order chi connectivity index (χ1) is 17.1. The summed E-state index contributed by atoms with van der Waals surface area (Å²) in [5.74, 6) is -0.364. The van der Waals surface area contributed by atoms with Gasteiger partial charge in [-0.2, -0.15) is 0 Å². The molecule has 1 atom stereocenters. The quantitative estimate of drug-likeness (QED) is 0.180. The minimum atomic E-state index is -4.96. The molecule has 0 radical (unpaired) electrons. The fourth-order valence-corrected chi connectivity index (χ4v) is 3.44. The van der Waals surface area contributed by atoms with Gasteiger partial charge in [0.15, 0.2) is 5.78 Å². The van der Waals surface area contributed by atoms with Crippen molar-refractivity contribution in [1.82, 2.24) is 9.55 Å². The highest BCUT2D eigenvalue weighted by Gasteiger charge is 2.19. The summed E-state index contributed by atoms with van der Waals surface area (Å²) in [6.07, 6.45) is -2.45. The van der Waals surface area contributed by atoms with E-state index in [0.29, 0.717) is 16.6 Å². The lowest BCUT2D eigenvalue weighted by molar-refractivity contribution is -0.234. The number of ketones is 1. The monoisotopic (exact) mass is 520 g/mol. The molecule has 192 valence electrons. The summed E-state index contributed by atoms with van der Waals surface area (Å²) in [5, 5.41) is 2.35. The zero-order chi connectivity index (χ0) is 26.3. The number of phosphoric acid groups is 1. The van der Waals surface area contributed by atoms with Crippen LogP contribution < -0.4 is 10.2 Å². The molecule has 3 rings (SSSR count). The number of benzene rings is 2. The molecule has 0 spiro atoms. The molecular formula is C22H23N3O10P-. The third-order valence-electron chi connectivity index (χ3n) is 4.51. The first-order valence-corrected chi connectivity index (χ1v) is 11.9. The maximum atomic E-state index is 12.8. The van der Waals surface area contributed by atoms with E-state index in [0.717, 1.165) is 7.11 Å². The summed E-state index contributed by atoms with van der Waals surface area (Å²) in [6, 6.07) is 13.1. The van der Waals surface area contributed by atoms with Crippen molar-refractivity contribution in [3.05, 3.63) is 59.7 Å². The van der Waals surface area contributed by atoms with Gasteiger partial charge >= 0.3 is 12.2 Å². The van der Waals surface area contributed by atoms with Crippen LogP contribution >= 0.6 is 7.82 Å². The number of fused-ring (bicyclic) bond motifs is 1. The smallest absolute Gasteiger partial charge is 0.510 e. The van der Waals surface area contributed by atoms with Gasteiger partial charge in [-0.25, -0.2) is 14.6 Å². The van der Waals surface area contributed by atoms with Crippen LogP contribution in [-0.2, 0) is 34.6 Å². The number of phosphoric ester groups is 1. The van der Waals surface area contributed by atoms with Crippen molar-refractivity contribution in [2.45, 2.75) is 26.7 Å². The number of imidazole rings is 1. The third kappa shape index (κ3) is 7.12. The molecule has 1 aromatic heterocycles. The Morgan fingerprint density at radius 2 is 1.81 bits per heavy atom. The van der Waals surface area contributed by atoms with E-state index >= 15 is 0 Å². The van der Waals surface area contributed by atoms with Crippen molar-refractivity contribution in [1.29, 1.82) is 0 Å². The number of nitrogens with one attached hydrogen (secondary N) is 1. The number of ether oxygens (including phenoxy) is 3. The summed E-state index contributed by atoms with van der Waals surface area (Å²) in [5.41, 5.74) is 1.40. The van der Waals surface area contributed by atoms with Crippen LogP contribution in [0.1, 0.15) is 29.8 Å². The van der Waals surface area contributed by atoms with Crippen LogP contribution in [0.25, 0.3) is 11.0 Å². The minimum Gasteiger partial charge on any atom is -0.756 e. The molecule has 0 saturated heterocycles. The van der Waals surface area contributed by atoms with Gasteiger partial charge in [-0.15, -0.1) is 0 Å². The van der Waals surface area contributed by atoms with Crippen LogP contribution in [0.4, 0.5) is 15.5 Å². The largest absolute Gasteiger partial charge is 0.756 e. The molecule has 13 nitrogen and oxygen atoms in total. The number of hydrogen-bond donors (Lipinski definition) is 1. The van der Waals surface area contributed by atoms with Gasteiger partial charge in [-0.05, 0) is 32.0 Å². The summed E-state index contributed by atoms with van der Waals surface area (Å²) >= 11 is 0.